The van der Waals surface area contributed by atoms with E-state index in [1.54, 1.807) is 4.68 Å². The lowest BCUT2D eigenvalue weighted by Gasteiger charge is -2.22. The number of carbonyl (C=O) groups excluding carboxylic acids is 2. The zero-order chi connectivity index (χ0) is 14.0. The largest absolute Gasteiger partial charge is 0.354 e. The van der Waals surface area contributed by atoms with E-state index in [0.29, 0.717) is 13.0 Å². The zero-order valence-corrected chi connectivity index (χ0v) is 11.6. The average Bonchev–Trinajstić information content (AvgIpc) is 2.59. The summed E-state index contributed by atoms with van der Waals surface area (Å²) in [7, 11) is 1.86. The van der Waals surface area contributed by atoms with Gasteiger partial charge in [0, 0.05) is 24.8 Å². The minimum atomic E-state index is -0.390. The van der Waals surface area contributed by atoms with Gasteiger partial charge >= 0.3 is 0 Å². The number of hydrogen-bond donors (Lipinski definition) is 2. The highest BCUT2D eigenvalue weighted by atomic mass is 16.2. The summed E-state index contributed by atoms with van der Waals surface area (Å²) in [6.45, 7) is 4.53. The third-order valence-electron chi connectivity index (χ3n) is 3.62. The molecule has 0 bridgehead atoms. The number of aromatic nitrogens is 2. The fourth-order valence-corrected chi connectivity index (χ4v) is 2.39. The van der Waals surface area contributed by atoms with Gasteiger partial charge in [0.1, 0.15) is 6.04 Å². The summed E-state index contributed by atoms with van der Waals surface area (Å²) in [5, 5.41) is 9.83. The first kappa shape index (κ1) is 13.6. The fourth-order valence-electron chi connectivity index (χ4n) is 2.39. The van der Waals surface area contributed by atoms with Crippen LogP contribution in [0.25, 0.3) is 0 Å². The number of nitrogens with zero attached hydrogens (tertiary/aromatic N) is 2. The minimum Gasteiger partial charge on any atom is -0.354 e. The van der Waals surface area contributed by atoms with Crippen molar-refractivity contribution in [3.05, 3.63) is 17.0 Å². The van der Waals surface area contributed by atoms with E-state index in [0.717, 1.165) is 23.4 Å². The lowest BCUT2D eigenvalue weighted by Crippen LogP contribution is -2.50. The van der Waals surface area contributed by atoms with Crippen molar-refractivity contribution in [1.29, 1.82) is 0 Å². The molecule has 1 aliphatic rings. The molecular weight excluding hydrogens is 244 g/mol. The summed E-state index contributed by atoms with van der Waals surface area (Å²) in [5.41, 5.74) is 2.79. The number of nitrogens with one attached hydrogen (secondary N) is 2. The van der Waals surface area contributed by atoms with Crippen LogP contribution >= 0.6 is 0 Å². The maximum absolute atomic E-state index is 12.0. The normalized spacial score (nSPS) is 19.1. The zero-order valence-electron chi connectivity index (χ0n) is 11.6. The molecule has 19 heavy (non-hydrogen) atoms. The maximum Gasteiger partial charge on any atom is 0.242 e. The molecule has 1 aromatic rings. The molecule has 2 amide bonds. The van der Waals surface area contributed by atoms with Crippen molar-refractivity contribution in [1.82, 2.24) is 20.4 Å². The molecule has 6 nitrogen and oxygen atoms in total. The third kappa shape index (κ3) is 2.94. The Balaban J connectivity index is 1.99. The number of carbonyl (C=O) groups is 2. The Hall–Kier alpha value is -1.85. The van der Waals surface area contributed by atoms with Crippen LogP contribution in [0.3, 0.4) is 0 Å². The van der Waals surface area contributed by atoms with Gasteiger partial charge in [-0.05, 0) is 26.7 Å². The number of hydrogen-bond acceptors (Lipinski definition) is 3. The Kier molecular flexibility index (Phi) is 3.87. The van der Waals surface area contributed by atoms with E-state index in [2.05, 4.69) is 15.7 Å². The average molecular weight is 264 g/mol. The van der Waals surface area contributed by atoms with Gasteiger partial charge in [-0.1, -0.05) is 0 Å². The molecule has 1 aliphatic heterocycles. The molecule has 0 saturated carbocycles. The Bertz CT molecular complexity index is 507. The van der Waals surface area contributed by atoms with Crippen molar-refractivity contribution in [2.24, 2.45) is 7.05 Å². The summed E-state index contributed by atoms with van der Waals surface area (Å²) >= 11 is 0. The second-order valence-electron chi connectivity index (χ2n) is 5.00. The first-order chi connectivity index (χ1) is 8.99. The molecule has 6 heteroatoms. The third-order valence-corrected chi connectivity index (χ3v) is 3.62. The van der Waals surface area contributed by atoms with E-state index in [1.165, 1.54) is 0 Å². The Morgan fingerprint density at radius 3 is 2.84 bits per heavy atom. The summed E-state index contributed by atoms with van der Waals surface area (Å²) in [6, 6.07) is -0.390. The van der Waals surface area contributed by atoms with Crippen molar-refractivity contribution in [3.63, 3.8) is 0 Å². The van der Waals surface area contributed by atoms with E-state index >= 15 is 0 Å². The fraction of sp³-hybridized carbons (Fsp3) is 0.615. The molecule has 2 N–H and O–H groups in total. The highest BCUT2D eigenvalue weighted by Crippen LogP contribution is 2.13. The highest BCUT2D eigenvalue weighted by Gasteiger charge is 2.24. The van der Waals surface area contributed by atoms with Crippen molar-refractivity contribution in [2.45, 2.75) is 39.2 Å². The molecule has 1 fully saturated rings. The second kappa shape index (κ2) is 5.42. The second-order valence-corrected chi connectivity index (χ2v) is 5.00. The first-order valence-electron chi connectivity index (χ1n) is 6.55. The molecule has 0 aliphatic carbocycles. The highest BCUT2D eigenvalue weighted by molar-refractivity contribution is 5.88. The van der Waals surface area contributed by atoms with Crippen LogP contribution in [-0.4, -0.2) is 34.2 Å². The van der Waals surface area contributed by atoms with E-state index < -0.39 is 6.04 Å². The van der Waals surface area contributed by atoms with Gasteiger partial charge in [0.05, 0.1) is 12.1 Å². The number of amides is 2. The van der Waals surface area contributed by atoms with Gasteiger partial charge in [-0.2, -0.15) is 5.10 Å². The predicted molar refractivity (Wildman–Crippen MR) is 70.6 cm³/mol. The first-order valence-corrected chi connectivity index (χ1v) is 6.55. The van der Waals surface area contributed by atoms with E-state index in [4.69, 9.17) is 0 Å². The van der Waals surface area contributed by atoms with Gasteiger partial charge in [-0.25, -0.2) is 0 Å². The van der Waals surface area contributed by atoms with Crippen LogP contribution in [0.1, 0.15) is 29.8 Å². The van der Waals surface area contributed by atoms with E-state index in [9.17, 15) is 9.59 Å². The van der Waals surface area contributed by atoms with Crippen LogP contribution in [0.5, 0.6) is 0 Å². The molecule has 104 valence electrons. The lowest BCUT2D eigenvalue weighted by atomic mass is 10.1. The van der Waals surface area contributed by atoms with Crippen LogP contribution in [0.15, 0.2) is 0 Å². The Morgan fingerprint density at radius 2 is 2.26 bits per heavy atom. The van der Waals surface area contributed by atoms with Crippen LogP contribution in [0.2, 0.25) is 0 Å². The summed E-state index contributed by atoms with van der Waals surface area (Å²) < 4.78 is 1.77. The summed E-state index contributed by atoms with van der Waals surface area (Å²) in [4.78, 5) is 23.6. The van der Waals surface area contributed by atoms with Gasteiger partial charge in [0.2, 0.25) is 11.8 Å². The van der Waals surface area contributed by atoms with Crippen LogP contribution < -0.4 is 10.6 Å². The van der Waals surface area contributed by atoms with E-state index in [-0.39, 0.29) is 18.2 Å². The smallest absolute Gasteiger partial charge is 0.242 e. The molecule has 2 heterocycles. The van der Waals surface area contributed by atoms with Crippen molar-refractivity contribution in [2.75, 3.05) is 6.54 Å². The molecule has 0 spiro atoms. The number of rotatable bonds is 3. The van der Waals surface area contributed by atoms with Gasteiger partial charge in [0.15, 0.2) is 0 Å². The molecule has 1 saturated heterocycles. The molecule has 1 aromatic heterocycles. The van der Waals surface area contributed by atoms with Gasteiger partial charge in [-0.3, -0.25) is 14.3 Å². The molecule has 0 aromatic carbocycles. The molecular formula is C13H20N4O2. The Morgan fingerprint density at radius 1 is 1.53 bits per heavy atom. The van der Waals surface area contributed by atoms with Gasteiger partial charge in [-0.15, -0.1) is 0 Å². The Labute approximate surface area is 112 Å². The van der Waals surface area contributed by atoms with Gasteiger partial charge in [0.25, 0.3) is 0 Å². The monoisotopic (exact) mass is 264 g/mol. The SMILES string of the molecule is Cc1nn(C)c(C)c1CC(=O)NC1CCCNC1=O. The standard InChI is InChI=1S/C13H20N4O2/c1-8-10(9(2)17(3)16-8)7-12(18)15-11-5-4-6-14-13(11)19/h11H,4-7H2,1-3H3,(H,14,19)(H,15,18). The summed E-state index contributed by atoms with van der Waals surface area (Å²) in [5.74, 6) is -0.208. The molecule has 0 radical (unpaired) electrons. The van der Waals surface area contributed by atoms with E-state index in [1.807, 2.05) is 20.9 Å². The van der Waals surface area contributed by atoms with Gasteiger partial charge < -0.3 is 10.6 Å². The van der Waals surface area contributed by atoms with Crippen molar-refractivity contribution >= 4 is 11.8 Å². The molecule has 1 atom stereocenters. The lowest BCUT2D eigenvalue weighted by molar-refractivity contribution is -0.129. The number of piperidine rings is 1. The summed E-state index contributed by atoms with van der Waals surface area (Å²) in [6.07, 6.45) is 1.89. The maximum atomic E-state index is 12.0. The molecule has 1 unspecified atom stereocenters. The van der Waals surface area contributed by atoms with Crippen molar-refractivity contribution < 1.29 is 9.59 Å². The van der Waals surface area contributed by atoms with Crippen LogP contribution in [0, 0.1) is 13.8 Å². The van der Waals surface area contributed by atoms with Crippen LogP contribution in [-0.2, 0) is 23.1 Å². The van der Waals surface area contributed by atoms with Crippen LogP contribution in [0.4, 0.5) is 0 Å². The number of aryl methyl sites for hydroxylation is 2. The van der Waals surface area contributed by atoms with Crippen molar-refractivity contribution in [3.8, 4) is 0 Å². The quantitative estimate of drug-likeness (QED) is 0.805. The predicted octanol–water partition coefficient (Wildman–Crippen LogP) is -0.0258. The minimum absolute atomic E-state index is 0.0840. The molecule has 2 rings (SSSR count). The topological polar surface area (TPSA) is 76.0 Å².